The Hall–Kier alpha value is -0.710. The standard InChI is InChI=1S/C9H7IN2/c10-8-3-5-12-9(8)7-2-1-4-11-6-7/h1-4,6H,5H2. The average Bonchev–Trinajstić information content (AvgIpc) is 2.53. The minimum Gasteiger partial charge on any atom is -0.279 e. The molecule has 2 heterocycles. The van der Waals surface area contributed by atoms with Crippen molar-refractivity contribution in [3.05, 3.63) is 39.7 Å². The van der Waals surface area contributed by atoms with Gasteiger partial charge in [0.15, 0.2) is 0 Å². The SMILES string of the molecule is IC1=CCN=C1c1cccnc1. The van der Waals surface area contributed by atoms with Crippen LogP contribution < -0.4 is 0 Å². The molecule has 2 nitrogen and oxygen atoms in total. The molecule has 1 aromatic rings. The van der Waals surface area contributed by atoms with Gasteiger partial charge in [-0.3, -0.25) is 9.98 Å². The molecule has 1 aliphatic heterocycles. The van der Waals surface area contributed by atoms with E-state index in [1.807, 2.05) is 18.3 Å². The van der Waals surface area contributed by atoms with Gasteiger partial charge in [-0.1, -0.05) is 0 Å². The first-order chi connectivity index (χ1) is 5.88. The fraction of sp³-hybridized carbons (Fsp3) is 0.111. The quantitative estimate of drug-likeness (QED) is 0.718. The zero-order valence-corrected chi connectivity index (χ0v) is 8.52. The normalized spacial score (nSPS) is 15.8. The first-order valence-corrected chi connectivity index (χ1v) is 4.76. The Morgan fingerprint density at radius 2 is 2.33 bits per heavy atom. The number of allylic oxidation sites excluding steroid dienone is 1. The molecule has 3 heteroatoms. The highest BCUT2D eigenvalue weighted by Crippen LogP contribution is 2.19. The fourth-order valence-electron chi connectivity index (χ4n) is 1.12. The maximum atomic E-state index is 4.36. The van der Waals surface area contributed by atoms with Crippen LogP contribution >= 0.6 is 22.6 Å². The van der Waals surface area contributed by atoms with Gasteiger partial charge in [0.2, 0.25) is 0 Å². The molecule has 0 N–H and O–H groups in total. The van der Waals surface area contributed by atoms with Crippen molar-refractivity contribution in [2.24, 2.45) is 4.99 Å². The van der Waals surface area contributed by atoms with Crippen molar-refractivity contribution in [3.8, 4) is 0 Å². The number of rotatable bonds is 1. The molecule has 0 bridgehead atoms. The van der Waals surface area contributed by atoms with Crippen molar-refractivity contribution in [1.82, 2.24) is 4.98 Å². The number of nitrogens with zero attached hydrogens (tertiary/aromatic N) is 2. The maximum absolute atomic E-state index is 4.36. The van der Waals surface area contributed by atoms with E-state index in [0.717, 1.165) is 17.8 Å². The first kappa shape index (κ1) is 7.91. The molecule has 1 aromatic heterocycles. The molecule has 60 valence electrons. The smallest absolute Gasteiger partial charge is 0.0796 e. The van der Waals surface area contributed by atoms with Crippen LogP contribution in [0.4, 0.5) is 0 Å². The molecule has 0 spiro atoms. The summed E-state index contributed by atoms with van der Waals surface area (Å²) >= 11 is 2.30. The predicted octanol–water partition coefficient (Wildman–Crippen LogP) is 2.20. The highest BCUT2D eigenvalue weighted by Gasteiger charge is 2.10. The molecule has 0 unspecified atom stereocenters. The highest BCUT2D eigenvalue weighted by molar-refractivity contribution is 14.1. The van der Waals surface area contributed by atoms with E-state index in [-0.39, 0.29) is 0 Å². The molecule has 0 amide bonds. The van der Waals surface area contributed by atoms with Crippen LogP contribution in [0.1, 0.15) is 5.56 Å². The Morgan fingerprint density at radius 3 is 2.92 bits per heavy atom. The summed E-state index contributed by atoms with van der Waals surface area (Å²) in [6, 6.07) is 3.96. The Kier molecular flexibility index (Phi) is 2.21. The molecular formula is C9H7IN2. The van der Waals surface area contributed by atoms with Crippen LogP contribution in [-0.4, -0.2) is 17.2 Å². The van der Waals surface area contributed by atoms with Crippen LogP contribution in [0.25, 0.3) is 0 Å². The summed E-state index contributed by atoms with van der Waals surface area (Å²) in [5.74, 6) is 0. The molecule has 0 aliphatic carbocycles. The fourth-order valence-corrected chi connectivity index (χ4v) is 1.80. The summed E-state index contributed by atoms with van der Waals surface area (Å²) in [5.41, 5.74) is 2.18. The summed E-state index contributed by atoms with van der Waals surface area (Å²) in [5, 5.41) is 0. The Balaban J connectivity index is 2.39. The van der Waals surface area contributed by atoms with Crippen LogP contribution in [0, 0.1) is 0 Å². The third-order valence-electron chi connectivity index (χ3n) is 1.68. The Morgan fingerprint density at radius 1 is 1.42 bits per heavy atom. The van der Waals surface area contributed by atoms with Gasteiger partial charge in [0, 0.05) is 21.5 Å². The third-order valence-corrected chi connectivity index (χ3v) is 2.63. The highest BCUT2D eigenvalue weighted by atomic mass is 127. The van der Waals surface area contributed by atoms with Crippen LogP contribution in [0.5, 0.6) is 0 Å². The zero-order chi connectivity index (χ0) is 8.39. The second-order valence-corrected chi connectivity index (χ2v) is 3.65. The zero-order valence-electron chi connectivity index (χ0n) is 6.37. The summed E-state index contributed by atoms with van der Waals surface area (Å²) in [7, 11) is 0. The number of aromatic nitrogens is 1. The second kappa shape index (κ2) is 3.35. The summed E-state index contributed by atoms with van der Waals surface area (Å²) in [6.45, 7) is 0.808. The molecule has 0 fully saturated rings. The number of halogens is 1. The van der Waals surface area contributed by atoms with E-state index in [9.17, 15) is 0 Å². The molecule has 0 aromatic carbocycles. The van der Waals surface area contributed by atoms with Crippen molar-refractivity contribution in [1.29, 1.82) is 0 Å². The van der Waals surface area contributed by atoms with Crippen molar-refractivity contribution in [3.63, 3.8) is 0 Å². The summed E-state index contributed by atoms with van der Waals surface area (Å²) < 4.78 is 1.22. The van der Waals surface area contributed by atoms with Gasteiger partial charge < -0.3 is 0 Å². The van der Waals surface area contributed by atoms with Gasteiger partial charge in [0.05, 0.1) is 12.3 Å². The van der Waals surface area contributed by atoms with Gasteiger partial charge >= 0.3 is 0 Å². The van der Waals surface area contributed by atoms with Gasteiger partial charge in [-0.2, -0.15) is 0 Å². The summed E-state index contributed by atoms with van der Waals surface area (Å²) in [6.07, 6.45) is 5.73. The van der Waals surface area contributed by atoms with Crippen molar-refractivity contribution >= 4 is 28.3 Å². The van der Waals surface area contributed by atoms with Crippen molar-refractivity contribution in [2.45, 2.75) is 0 Å². The summed E-state index contributed by atoms with van der Waals surface area (Å²) in [4.78, 5) is 8.42. The monoisotopic (exact) mass is 270 g/mol. The molecular weight excluding hydrogens is 263 g/mol. The Bertz CT molecular complexity index is 341. The largest absolute Gasteiger partial charge is 0.279 e. The topological polar surface area (TPSA) is 25.2 Å². The van der Waals surface area contributed by atoms with Gasteiger partial charge in [0.25, 0.3) is 0 Å². The number of pyridine rings is 1. The lowest BCUT2D eigenvalue weighted by Gasteiger charge is -1.98. The van der Waals surface area contributed by atoms with Gasteiger partial charge in [-0.05, 0) is 40.8 Å². The van der Waals surface area contributed by atoms with E-state index in [0.29, 0.717) is 0 Å². The van der Waals surface area contributed by atoms with Crippen LogP contribution in [-0.2, 0) is 0 Å². The van der Waals surface area contributed by atoms with E-state index in [2.05, 4.69) is 38.6 Å². The van der Waals surface area contributed by atoms with E-state index in [1.165, 1.54) is 3.58 Å². The first-order valence-electron chi connectivity index (χ1n) is 3.69. The maximum Gasteiger partial charge on any atom is 0.0796 e. The van der Waals surface area contributed by atoms with Gasteiger partial charge in [-0.15, -0.1) is 0 Å². The lowest BCUT2D eigenvalue weighted by molar-refractivity contribution is 1.27. The lowest BCUT2D eigenvalue weighted by atomic mass is 10.2. The predicted molar refractivity (Wildman–Crippen MR) is 57.7 cm³/mol. The Labute approximate surface area is 84.6 Å². The van der Waals surface area contributed by atoms with Gasteiger partial charge in [-0.25, -0.2) is 0 Å². The van der Waals surface area contributed by atoms with E-state index < -0.39 is 0 Å². The minimum atomic E-state index is 0.808. The van der Waals surface area contributed by atoms with Crippen LogP contribution in [0.3, 0.4) is 0 Å². The van der Waals surface area contributed by atoms with E-state index in [1.54, 1.807) is 6.20 Å². The van der Waals surface area contributed by atoms with Crippen molar-refractivity contribution in [2.75, 3.05) is 6.54 Å². The molecule has 0 radical (unpaired) electrons. The number of hydrogen-bond donors (Lipinski definition) is 0. The van der Waals surface area contributed by atoms with Crippen LogP contribution in [0.15, 0.2) is 39.2 Å². The van der Waals surface area contributed by atoms with Gasteiger partial charge in [0.1, 0.15) is 0 Å². The molecule has 0 saturated heterocycles. The minimum absolute atomic E-state index is 0.808. The van der Waals surface area contributed by atoms with Crippen molar-refractivity contribution < 1.29 is 0 Å². The molecule has 2 rings (SSSR count). The second-order valence-electron chi connectivity index (χ2n) is 2.48. The van der Waals surface area contributed by atoms with E-state index in [4.69, 9.17) is 0 Å². The van der Waals surface area contributed by atoms with E-state index >= 15 is 0 Å². The molecule has 0 atom stereocenters. The third kappa shape index (κ3) is 1.41. The number of aliphatic imine (C=N–C) groups is 1. The molecule has 0 saturated carbocycles. The molecule has 12 heavy (non-hydrogen) atoms. The average molecular weight is 270 g/mol. The number of hydrogen-bond acceptors (Lipinski definition) is 2. The van der Waals surface area contributed by atoms with Crippen LogP contribution in [0.2, 0.25) is 0 Å². The molecule has 1 aliphatic rings. The lowest BCUT2D eigenvalue weighted by Crippen LogP contribution is -1.97.